The van der Waals surface area contributed by atoms with Gasteiger partial charge in [0.15, 0.2) is 5.88 Å². The summed E-state index contributed by atoms with van der Waals surface area (Å²) in [6, 6.07) is 27.5. The fourth-order valence-corrected chi connectivity index (χ4v) is 2.86. The summed E-state index contributed by atoms with van der Waals surface area (Å²) in [5.41, 5.74) is 4.17. The van der Waals surface area contributed by atoms with E-state index in [9.17, 15) is 5.11 Å². The topological polar surface area (TPSA) is 48.4 Å². The van der Waals surface area contributed by atoms with E-state index in [2.05, 4.69) is 4.98 Å². The standard InChI is InChI=1S/C21H16N2O/c24-21-19(17-13-7-8-14-18(17)23-21)20(15-9-3-1-4-10-15)22-16-11-5-2-6-12-16/h1-14,23-24H. The van der Waals surface area contributed by atoms with Crippen molar-refractivity contribution in [3.05, 3.63) is 96.1 Å². The number of hydrogen-bond acceptors (Lipinski definition) is 2. The fourth-order valence-electron chi connectivity index (χ4n) is 2.86. The molecule has 1 aromatic heterocycles. The van der Waals surface area contributed by atoms with Crippen LogP contribution in [0.3, 0.4) is 0 Å². The summed E-state index contributed by atoms with van der Waals surface area (Å²) in [7, 11) is 0. The Morgan fingerprint density at radius 2 is 1.38 bits per heavy atom. The van der Waals surface area contributed by atoms with E-state index in [-0.39, 0.29) is 5.88 Å². The van der Waals surface area contributed by atoms with Gasteiger partial charge in [0, 0.05) is 16.5 Å². The van der Waals surface area contributed by atoms with Crippen LogP contribution in [0, 0.1) is 0 Å². The summed E-state index contributed by atoms with van der Waals surface area (Å²) in [6.45, 7) is 0. The lowest BCUT2D eigenvalue weighted by Gasteiger charge is -2.07. The molecule has 0 radical (unpaired) electrons. The van der Waals surface area contributed by atoms with Gasteiger partial charge in [-0.15, -0.1) is 0 Å². The molecule has 0 aliphatic carbocycles. The van der Waals surface area contributed by atoms with Crippen LogP contribution in [0.4, 0.5) is 5.69 Å². The molecule has 0 unspecified atom stereocenters. The van der Waals surface area contributed by atoms with Crippen molar-refractivity contribution in [3.63, 3.8) is 0 Å². The predicted octanol–water partition coefficient (Wildman–Crippen LogP) is 5.04. The third-order valence-electron chi connectivity index (χ3n) is 3.97. The first-order chi connectivity index (χ1) is 11.8. The highest BCUT2D eigenvalue weighted by molar-refractivity contribution is 6.21. The van der Waals surface area contributed by atoms with E-state index < -0.39 is 0 Å². The molecule has 1 heterocycles. The lowest BCUT2D eigenvalue weighted by Crippen LogP contribution is -2.02. The van der Waals surface area contributed by atoms with Crippen molar-refractivity contribution in [2.75, 3.05) is 0 Å². The van der Waals surface area contributed by atoms with Crippen molar-refractivity contribution in [2.45, 2.75) is 0 Å². The quantitative estimate of drug-likeness (QED) is 0.511. The van der Waals surface area contributed by atoms with Crippen LogP contribution in [0.2, 0.25) is 0 Å². The van der Waals surface area contributed by atoms with E-state index in [1.165, 1.54) is 0 Å². The monoisotopic (exact) mass is 312 g/mol. The average Bonchev–Trinajstić information content (AvgIpc) is 2.97. The van der Waals surface area contributed by atoms with Crippen molar-refractivity contribution in [2.24, 2.45) is 4.99 Å². The molecule has 116 valence electrons. The Morgan fingerprint density at radius 1 is 0.750 bits per heavy atom. The molecule has 24 heavy (non-hydrogen) atoms. The van der Waals surface area contributed by atoms with Crippen molar-refractivity contribution >= 4 is 22.3 Å². The second kappa shape index (κ2) is 6.05. The minimum atomic E-state index is 0.134. The molecule has 3 aromatic carbocycles. The smallest absolute Gasteiger partial charge is 0.199 e. The zero-order valence-corrected chi connectivity index (χ0v) is 13.0. The van der Waals surface area contributed by atoms with E-state index in [1.54, 1.807) is 0 Å². The number of aliphatic imine (C=N–C) groups is 1. The SMILES string of the molecule is Oc1[nH]c2ccccc2c1C(=Nc1ccccc1)c1ccccc1. The van der Waals surface area contributed by atoms with Gasteiger partial charge >= 0.3 is 0 Å². The maximum absolute atomic E-state index is 10.5. The molecular formula is C21H16N2O. The van der Waals surface area contributed by atoms with Gasteiger partial charge in [-0.05, 0) is 18.2 Å². The van der Waals surface area contributed by atoms with Gasteiger partial charge in [-0.2, -0.15) is 0 Å². The molecule has 4 rings (SSSR count). The third-order valence-corrected chi connectivity index (χ3v) is 3.97. The molecule has 0 amide bonds. The number of fused-ring (bicyclic) bond motifs is 1. The molecule has 3 nitrogen and oxygen atoms in total. The molecule has 2 N–H and O–H groups in total. The van der Waals surface area contributed by atoms with Gasteiger partial charge in [0.2, 0.25) is 0 Å². The number of H-pyrrole nitrogens is 1. The molecule has 0 fully saturated rings. The van der Waals surface area contributed by atoms with Crippen LogP contribution in [0.1, 0.15) is 11.1 Å². The number of rotatable bonds is 3. The van der Waals surface area contributed by atoms with Gasteiger partial charge in [-0.3, -0.25) is 0 Å². The maximum atomic E-state index is 10.5. The van der Waals surface area contributed by atoms with E-state index in [1.807, 2.05) is 84.9 Å². The molecule has 0 aliphatic rings. The molecular weight excluding hydrogens is 296 g/mol. The highest BCUT2D eigenvalue weighted by atomic mass is 16.3. The Bertz CT molecular complexity index is 1000. The van der Waals surface area contributed by atoms with E-state index in [0.29, 0.717) is 0 Å². The fraction of sp³-hybridized carbons (Fsp3) is 0. The van der Waals surface area contributed by atoms with Gasteiger partial charge in [0.05, 0.1) is 17.0 Å². The summed E-state index contributed by atoms with van der Waals surface area (Å²) in [6.07, 6.45) is 0. The Balaban J connectivity index is 1.99. The number of aromatic hydroxyl groups is 1. The van der Waals surface area contributed by atoms with Crippen LogP contribution in [-0.2, 0) is 0 Å². The minimum Gasteiger partial charge on any atom is -0.494 e. The number of hydrogen-bond donors (Lipinski definition) is 2. The Kier molecular flexibility index (Phi) is 3.60. The second-order valence-electron chi connectivity index (χ2n) is 5.56. The van der Waals surface area contributed by atoms with Crippen LogP contribution in [-0.4, -0.2) is 15.8 Å². The molecule has 0 atom stereocenters. The van der Waals surface area contributed by atoms with Crippen molar-refractivity contribution in [1.29, 1.82) is 0 Å². The first-order valence-electron chi connectivity index (χ1n) is 7.82. The summed E-state index contributed by atoms with van der Waals surface area (Å²) in [5, 5.41) is 11.5. The lowest BCUT2D eigenvalue weighted by molar-refractivity contribution is 0.457. The number of benzene rings is 3. The molecule has 0 bridgehead atoms. The summed E-state index contributed by atoms with van der Waals surface area (Å²) < 4.78 is 0. The molecule has 0 saturated heterocycles. The second-order valence-corrected chi connectivity index (χ2v) is 5.56. The van der Waals surface area contributed by atoms with Crippen LogP contribution >= 0.6 is 0 Å². The Labute approximate surface area is 139 Å². The van der Waals surface area contributed by atoms with Gasteiger partial charge in [0.1, 0.15) is 0 Å². The highest BCUT2D eigenvalue weighted by Crippen LogP contribution is 2.31. The normalized spacial score (nSPS) is 11.8. The van der Waals surface area contributed by atoms with Crippen molar-refractivity contribution < 1.29 is 5.11 Å². The molecule has 0 spiro atoms. The van der Waals surface area contributed by atoms with Crippen LogP contribution in [0.5, 0.6) is 5.88 Å². The van der Waals surface area contributed by atoms with Gasteiger partial charge in [-0.1, -0.05) is 66.7 Å². The van der Waals surface area contributed by atoms with Gasteiger partial charge in [-0.25, -0.2) is 4.99 Å². The van der Waals surface area contributed by atoms with E-state index in [0.717, 1.165) is 33.4 Å². The van der Waals surface area contributed by atoms with E-state index in [4.69, 9.17) is 4.99 Å². The Hall–Kier alpha value is -3.33. The summed E-state index contributed by atoms with van der Waals surface area (Å²) in [5.74, 6) is 0.134. The Morgan fingerprint density at radius 3 is 2.12 bits per heavy atom. The number of nitrogens with zero attached hydrogens (tertiary/aromatic N) is 1. The van der Waals surface area contributed by atoms with Crippen LogP contribution < -0.4 is 0 Å². The van der Waals surface area contributed by atoms with Crippen molar-refractivity contribution in [3.8, 4) is 5.88 Å². The zero-order valence-electron chi connectivity index (χ0n) is 13.0. The van der Waals surface area contributed by atoms with E-state index >= 15 is 0 Å². The third kappa shape index (κ3) is 2.57. The highest BCUT2D eigenvalue weighted by Gasteiger charge is 2.18. The number of aromatic amines is 1. The van der Waals surface area contributed by atoms with Gasteiger partial charge < -0.3 is 10.1 Å². The predicted molar refractivity (Wildman–Crippen MR) is 98.1 cm³/mol. The first kappa shape index (κ1) is 14.3. The summed E-state index contributed by atoms with van der Waals surface area (Å²) in [4.78, 5) is 7.86. The van der Waals surface area contributed by atoms with Gasteiger partial charge in [0.25, 0.3) is 0 Å². The molecule has 4 aromatic rings. The van der Waals surface area contributed by atoms with Crippen molar-refractivity contribution in [1.82, 2.24) is 4.98 Å². The zero-order chi connectivity index (χ0) is 16.4. The first-order valence-corrected chi connectivity index (χ1v) is 7.82. The minimum absolute atomic E-state index is 0.134. The maximum Gasteiger partial charge on any atom is 0.199 e. The number of para-hydroxylation sites is 2. The lowest BCUT2D eigenvalue weighted by atomic mass is 10.0. The number of nitrogens with one attached hydrogen (secondary N) is 1. The van der Waals surface area contributed by atoms with Crippen LogP contribution in [0.15, 0.2) is 89.9 Å². The largest absolute Gasteiger partial charge is 0.494 e. The van der Waals surface area contributed by atoms with Crippen LogP contribution in [0.25, 0.3) is 10.9 Å². The molecule has 0 saturated carbocycles. The summed E-state index contributed by atoms with van der Waals surface area (Å²) >= 11 is 0. The molecule has 0 aliphatic heterocycles. The number of aromatic nitrogens is 1. The average molecular weight is 312 g/mol. The molecule has 3 heteroatoms.